The summed E-state index contributed by atoms with van der Waals surface area (Å²) in [4.78, 5) is 11.8. The summed E-state index contributed by atoms with van der Waals surface area (Å²) in [6.45, 7) is 0.274. The SMILES string of the molecule is COC(=O)C1C=C(F)C2=C(CC1)C(c1ccccc1OC)=CCO2. The highest BCUT2D eigenvalue weighted by Gasteiger charge is 2.30. The molecule has 1 unspecified atom stereocenters. The van der Waals surface area contributed by atoms with Crippen LogP contribution in [0.4, 0.5) is 4.39 Å². The van der Waals surface area contributed by atoms with Crippen LogP contribution < -0.4 is 4.74 Å². The monoisotopic (exact) mass is 330 g/mol. The van der Waals surface area contributed by atoms with Gasteiger partial charge in [-0.3, -0.25) is 4.79 Å². The quantitative estimate of drug-likeness (QED) is 0.791. The molecule has 126 valence electrons. The van der Waals surface area contributed by atoms with Gasteiger partial charge in [0.25, 0.3) is 0 Å². The van der Waals surface area contributed by atoms with Gasteiger partial charge < -0.3 is 14.2 Å². The average molecular weight is 330 g/mol. The molecule has 1 atom stereocenters. The van der Waals surface area contributed by atoms with Gasteiger partial charge in [-0.1, -0.05) is 18.2 Å². The van der Waals surface area contributed by atoms with Gasteiger partial charge in [-0.2, -0.15) is 0 Å². The topological polar surface area (TPSA) is 44.8 Å². The Bertz CT molecular complexity index is 745. The third-order valence-corrected chi connectivity index (χ3v) is 4.29. The molecule has 0 saturated heterocycles. The van der Waals surface area contributed by atoms with E-state index < -0.39 is 17.7 Å². The molecular weight excluding hydrogens is 311 g/mol. The normalized spacial score (nSPS) is 20.2. The van der Waals surface area contributed by atoms with E-state index in [9.17, 15) is 9.18 Å². The molecule has 24 heavy (non-hydrogen) atoms. The van der Waals surface area contributed by atoms with E-state index in [0.29, 0.717) is 12.8 Å². The summed E-state index contributed by atoms with van der Waals surface area (Å²) in [5, 5.41) is 0. The summed E-state index contributed by atoms with van der Waals surface area (Å²) in [7, 11) is 2.91. The minimum absolute atomic E-state index is 0.213. The number of hydrogen-bond acceptors (Lipinski definition) is 4. The molecule has 0 spiro atoms. The van der Waals surface area contributed by atoms with Gasteiger partial charge in [0.2, 0.25) is 0 Å². The molecule has 3 rings (SSSR count). The first-order valence-corrected chi connectivity index (χ1v) is 7.81. The van der Waals surface area contributed by atoms with Crippen LogP contribution in [-0.4, -0.2) is 26.8 Å². The van der Waals surface area contributed by atoms with Gasteiger partial charge in [-0.25, -0.2) is 4.39 Å². The molecule has 0 fully saturated rings. The maximum absolute atomic E-state index is 14.6. The number of allylic oxidation sites excluding steroid dienone is 3. The van der Waals surface area contributed by atoms with E-state index in [1.54, 1.807) is 7.11 Å². The second kappa shape index (κ2) is 6.91. The van der Waals surface area contributed by atoms with Gasteiger partial charge in [-0.05, 0) is 36.6 Å². The number of rotatable bonds is 3. The zero-order valence-electron chi connectivity index (χ0n) is 13.7. The summed E-state index contributed by atoms with van der Waals surface area (Å²) in [5.41, 5.74) is 2.54. The molecule has 1 aromatic carbocycles. The van der Waals surface area contributed by atoms with Gasteiger partial charge in [-0.15, -0.1) is 0 Å². The standard InChI is InChI=1S/C19H19FO4/c1-22-17-6-4-3-5-14(17)13-9-10-24-18-15(13)8-7-12(11-16(18)20)19(21)23-2/h3-6,9,11-12H,7-8,10H2,1-2H3. The van der Waals surface area contributed by atoms with Crippen molar-refractivity contribution in [3.8, 4) is 5.75 Å². The number of esters is 1. The Balaban J connectivity index is 2.00. The first kappa shape index (κ1) is 16.3. The maximum Gasteiger partial charge on any atom is 0.312 e. The smallest absolute Gasteiger partial charge is 0.312 e. The number of methoxy groups -OCH3 is 2. The number of carbonyl (C=O) groups excluding carboxylic acids is 1. The Morgan fingerprint density at radius 3 is 2.83 bits per heavy atom. The first-order chi connectivity index (χ1) is 11.7. The summed E-state index contributed by atoms with van der Waals surface area (Å²) >= 11 is 0. The van der Waals surface area contributed by atoms with Crippen LogP contribution in [0.5, 0.6) is 5.75 Å². The highest BCUT2D eigenvalue weighted by Crippen LogP contribution is 2.41. The highest BCUT2D eigenvalue weighted by atomic mass is 19.1. The summed E-state index contributed by atoms with van der Waals surface area (Å²) < 4.78 is 30.3. The van der Waals surface area contributed by atoms with Crippen molar-refractivity contribution in [2.75, 3.05) is 20.8 Å². The molecule has 0 bridgehead atoms. The minimum Gasteiger partial charge on any atom is -0.496 e. The van der Waals surface area contributed by atoms with E-state index in [4.69, 9.17) is 14.2 Å². The predicted molar refractivity (Wildman–Crippen MR) is 87.9 cm³/mol. The summed E-state index contributed by atoms with van der Waals surface area (Å²) in [5.74, 6) is -0.630. The van der Waals surface area contributed by atoms with Crippen LogP contribution in [0, 0.1) is 5.92 Å². The van der Waals surface area contributed by atoms with Crippen LogP contribution in [0.1, 0.15) is 18.4 Å². The molecule has 4 nitrogen and oxygen atoms in total. The molecule has 0 amide bonds. The predicted octanol–water partition coefficient (Wildman–Crippen LogP) is 3.80. The van der Waals surface area contributed by atoms with Crippen molar-refractivity contribution in [2.24, 2.45) is 5.92 Å². The number of benzene rings is 1. The van der Waals surface area contributed by atoms with Gasteiger partial charge in [0.05, 0.1) is 20.1 Å². The lowest BCUT2D eigenvalue weighted by Gasteiger charge is -2.22. The van der Waals surface area contributed by atoms with Gasteiger partial charge in [0.1, 0.15) is 12.4 Å². The molecule has 0 aromatic heterocycles. The second-order valence-electron chi connectivity index (χ2n) is 5.62. The van der Waals surface area contributed by atoms with E-state index in [1.807, 2.05) is 30.3 Å². The zero-order valence-corrected chi connectivity index (χ0v) is 13.7. The fraction of sp³-hybridized carbons (Fsp3) is 0.316. The van der Waals surface area contributed by atoms with Gasteiger partial charge in [0.15, 0.2) is 11.6 Å². The molecule has 1 heterocycles. The number of para-hydroxylation sites is 1. The Kier molecular flexibility index (Phi) is 4.69. The maximum atomic E-state index is 14.6. The number of ether oxygens (including phenoxy) is 3. The van der Waals surface area contributed by atoms with Crippen LogP contribution in [0.2, 0.25) is 0 Å². The summed E-state index contributed by atoms with van der Waals surface area (Å²) in [6, 6.07) is 7.60. The Labute approximate surface area is 140 Å². The fourth-order valence-corrected chi connectivity index (χ4v) is 3.11. The highest BCUT2D eigenvalue weighted by molar-refractivity contribution is 5.85. The minimum atomic E-state index is -0.608. The van der Waals surface area contributed by atoms with Crippen molar-refractivity contribution in [1.29, 1.82) is 0 Å². The fourth-order valence-electron chi connectivity index (χ4n) is 3.11. The average Bonchev–Trinajstić information content (AvgIpc) is 2.80. The van der Waals surface area contributed by atoms with Crippen molar-refractivity contribution < 1.29 is 23.4 Å². The molecule has 5 heteroatoms. The van der Waals surface area contributed by atoms with Crippen LogP contribution >= 0.6 is 0 Å². The number of halogens is 1. The lowest BCUT2D eigenvalue weighted by Crippen LogP contribution is -2.13. The van der Waals surface area contributed by atoms with Crippen molar-refractivity contribution in [2.45, 2.75) is 12.8 Å². The van der Waals surface area contributed by atoms with E-state index in [1.165, 1.54) is 13.2 Å². The van der Waals surface area contributed by atoms with E-state index in [0.717, 1.165) is 22.5 Å². The molecule has 0 saturated carbocycles. The largest absolute Gasteiger partial charge is 0.496 e. The van der Waals surface area contributed by atoms with Crippen molar-refractivity contribution >= 4 is 11.5 Å². The van der Waals surface area contributed by atoms with E-state index in [-0.39, 0.29) is 12.4 Å². The molecular formula is C19H19FO4. The second-order valence-corrected chi connectivity index (χ2v) is 5.62. The van der Waals surface area contributed by atoms with Crippen LogP contribution in [0.25, 0.3) is 5.57 Å². The third kappa shape index (κ3) is 2.94. The summed E-state index contributed by atoms with van der Waals surface area (Å²) in [6.07, 6.45) is 4.19. The Morgan fingerprint density at radius 1 is 1.29 bits per heavy atom. The first-order valence-electron chi connectivity index (χ1n) is 7.81. The van der Waals surface area contributed by atoms with Gasteiger partial charge in [0, 0.05) is 11.1 Å². The van der Waals surface area contributed by atoms with Gasteiger partial charge >= 0.3 is 5.97 Å². The van der Waals surface area contributed by atoms with Crippen LogP contribution in [0.3, 0.4) is 0 Å². The molecule has 2 aliphatic rings. The Hall–Kier alpha value is -2.56. The number of carbonyl (C=O) groups is 1. The number of hydrogen-bond donors (Lipinski definition) is 0. The van der Waals surface area contributed by atoms with Crippen molar-refractivity contribution in [3.05, 3.63) is 59.1 Å². The van der Waals surface area contributed by atoms with Crippen LogP contribution in [-0.2, 0) is 14.3 Å². The zero-order chi connectivity index (χ0) is 17.1. The van der Waals surface area contributed by atoms with Crippen molar-refractivity contribution in [1.82, 2.24) is 0 Å². The van der Waals surface area contributed by atoms with Crippen LogP contribution in [0.15, 0.2) is 53.6 Å². The van der Waals surface area contributed by atoms with E-state index >= 15 is 0 Å². The Morgan fingerprint density at radius 2 is 2.08 bits per heavy atom. The molecule has 0 radical (unpaired) electrons. The third-order valence-electron chi connectivity index (χ3n) is 4.29. The molecule has 1 aliphatic carbocycles. The molecule has 1 aliphatic heterocycles. The molecule has 1 aromatic rings. The molecule has 0 N–H and O–H groups in total. The lowest BCUT2D eigenvalue weighted by molar-refractivity contribution is -0.143. The lowest BCUT2D eigenvalue weighted by atomic mass is 9.90. The van der Waals surface area contributed by atoms with E-state index in [2.05, 4.69) is 0 Å². The van der Waals surface area contributed by atoms with Crippen molar-refractivity contribution in [3.63, 3.8) is 0 Å².